The first kappa shape index (κ1) is 15.4. The van der Waals surface area contributed by atoms with E-state index in [0.29, 0.717) is 4.90 Å². The molecule has 0 heterocycles. The molecule has 0 amide bonds. The highest BCUT2D eigenvalue weighted by Gasteiger charge is 2.06. The first-order valence-electron chi connectivity index (χ1n) is 6.94. The van der Waals surface area contributed by atoms with Gasteiger partial charge in [0.2, 0.25) is 0 Å². The summed E-state index contributed by atoms with van der Waals surface area (Å²) in [7, 11) is 0. The van der Waals surface area contributed by atoms with E-state index in [1.54, 1.807) is 6.07 Å². The van der Waals surface area contributed by atoms with Gasteiger partial charge in [0.15, 0.2) is 11.1 Å². The smallest absolute Gasteiger partial charge is 0.186 e. The van der Waals surface area contributed by atoms with Gasteiger partial charge >= 0.3 is 0 Å². The van der Waals surface area contributed by atoms with Gasteiger partial charge in [0.05, 0.1) is 4.90 Å². The number of hydrogen-bond acceptors (Lipinski definition) is 1. The Balaban J connectivity index is 2.25. The molecular formula is C15H24O2S. The van der Waals surface area contributed by atoms with Crippen LogP contribution in [0.5, 0.6) is 0 Å². The molecule has 0 aliphatic heterocycles. The summed E-state index contributed by atoms with van der Waals surface area (Å²) in [6, 6.07) is 7.46. The minimum atomic E-state index is -1.85. The number of benzene rings is 1. The van der Waals surface area contributed by atoms with E-state index < -0.39 is 11.1 Å². The first-order valence-corrected chi connectivity index (χ1v) is 8.05. The molecule has 0 spiro atoms. The van der Waals surface area contributed by atoms with E-state index in [2.05, 4.69) is 6.92 Å². The summed E-state index contributed by atoms with van der Waals surface area (Å²) < 4.78 is 20.3. The highest BCUT2D eigenvalue weighted by Crippen LogP contribution is 2.16. The third-order valence-corrected chi connectivity index (χ3v) is 3.98. The Morgan fingerprint density at radius 3 is 2.28 bits per heavy atom. The Labute approximate surface area is 113 Å². The molecule has 102 valence electrons. The second-order valence-corrected chi connectivity index (χ2v) is 5.67. The maximum absolute atomic E-state index is 11.1. The average molecular weight is 268 g/mol. The van der Waals surface area contributed by atoms with Crippen LogP contribution in [0.25, 0.3) is 0 Å². The molecule has 0 saturated heterocycles. The van der Waals surface area contributed by atoms with Crippen molar-refractivity contribution in [3.05, 3.63) is 29.8 Å². The summed E-state index contributed by atoms with van der Waals surface area (Å²) in [5, 5.41) is 0. The summed E-state index contributed by atoms with van der Waals surface area (Å²) in [6.07, 6.45) is 9.81. The lowest BCUT2D eigenvalue weighted by Gasteiger charge is -2.06. The van der Waals surface area contributed by atoms with Crippen molar-refractivity contribution in [2.24, 2.45) is 0 Å². The van der Waals surface area contributed by atoms with Crippen molar-refractivity contribution in [3.8, 4) is 0 Å². The van der Waals surface area contributed by atoms with E-state index in [9.17, 15) is 8.76 Å². The van der Waals surface area contributed by atoms with E-state index in [4.69, 9.17) is 0 Å². The summed E-state index contributed by atoms with van der Waals surface area (Å²) >= 11 is -1.85. The van der Waals surface area contributed by atoms with Crippen LogP contribution in [0.1, 0.15) is 57.4 Å². The van der Waals surface area contributed by atoms with Gasteiger partial charge in [0.1, 0.15) is 0 Å². The highest BCUT2D eigenvalue weighted by molar-refractivity contribution is 7.79. The zero-order chi connectivity index (χ0) is 13.2. The lowest BCUT2D eigenvalue weighted by Crippen LogP contribution is -1.96. The van der Waals surface area contributed by atoms with Crippen LogP contribution in [0.2, 0.25) is 0 Å². The Morgan fingerprint density at radius 2 is 1.61 bits per heavy atom. The Hall–Kier alpha value is -0.670. The summed E-state index contributed by atoms with van der Waals surface area (Å²) in [5.74, 6) is 0. The topological polar surface area (TPSA) is 37.3 Å². The standard InChI is InChI=1S/C15H24O2S/c1-2-3-4-5-6-7-8-11-14-12-9-10-13-15(14)18(16)17/h9-10,12-13H,2-8,11H2,1H3,(H,16,17). The molecule has 1 N–H and O–H groups in total. The minimum Gasteiger partial charge on any atom is -0.302 e. The van der Waals surface area contributed by atoms with Gasteiger partial charge in [-0.1, -0.05) is 63.6 Å². The van der Waals surface area contributed by atoms with Crippen molar-refractivity contribution in [1.29, 1.82) is 0 Å². The Kier molecular flexibility index (Phi) is 7.94. The van der Waals surface area contributed by atoms with E-state index in [0.717, 1.165) is 18.4 Å². The number of rotatable bonds is 9. The van der Waals surface area contributed by atoms with Crippen molar-refractivity contribution < 1.29 is 8.76 Å². The lowest BCUT2D eigenvalue weighted by atomic mass is 10.0. The van der Waals surface area contributed by atoms with Gasteiger partial charge in [-0.05, 0) is 24.5 Å². The maximum atomic E-state index is 11.1. The van der Waals surface area contributed by atoms with Crippen LogP contribution in [0.15, 0.2) is 29.2 Å². The second kappa shape index (κ2) is 9.29. The molecule has 1 aromatic rings. The normalized spacial score (nSPS) is 12.6. The van der Waals surface area contributed by atoms with Gasteiger partial charge in [-0.25, -0.2) is 4.21 Å². The molecule has 2 nitrogen and oxygen atoms in total. The molecule has 18 heavy (non-hydrogen) atoms. The third-order valence-electron chi connectivity index (χ3n) is 3.21. The van der Waals surface area contributed by atoms with Gasteiger partial charge in [-0.15, -0.1) is 0 Å². The van der Waals surface area contributed by atoms with Gasteiger partial charge in [-0.3, -0.25) is 0 Å². The predicted molar refractivity (Wildman–Crippen MR) is 77.2 cm³/mol. The van der Waals surface area contributed by atoms with Crippen LogP contribution in [0.3, 0.4) is 0 Å². The second-order valence-electron chi connectivity index (χ2n) is 4.73. The van der Waals surface area contributed by atoms with Gasteiger partial charge < -0.3 is 4.55 Å². The van der Waals surface area contributed by atoms with Crippen LogP contribution in [-0.4, -0.2) is 8.76 Å². The first-order chi connectivity index (χ1) is 8.75. The summed E-state index contributed by atoms with van der Waals surface area (Å²) in [5.41, 5.74) is 1.02. The largest absolute Gasteiger partial charge is 0.302 e. The van der Waals surface area contributed by atoms with Crippen LogP contribution < -0.4 is 0 Å². The summed E-state index contributed by atoms with van der Waals surface area (Å²) in [4.78, 5) is 0.573. The molecule has 0 fully saturated rings. The van der Waals surface area contributed by atoms with Crippen molar-refractivity contribution in [3.63, 3.8) is 0 Å². The molecular weight excluding hydrogens is 244 g/mol. The van der Waals surface area contributed by atoms with Crippen molar-refractivity contribution >= 4 is 11.1 Å². The van der Waals surface area contributed by atoms with E-state index in [1.807, 2.05) is 18.2 Å². The molecule has 0 aliphatic carbocycles. The molecule has 1 aromatic carbocycles. The maximum Gasteiger partial charge on any atom is 0.186 e. The van der Waals surface area contributed by atoms with Crippen LogP contribution in [0, 0.1) is 0 Å². The van der Waals surface area contributed by atoms with Crippen molar-refractivity contribution in [1.82, 2.24) is 0 Å². The number of aryl methyl sites for hydroxylation is 1. The van der Waals surface area contributed by atoms with E-state index >= 15 is 0 Å². The third kappa shape index (κ3) is 5.78. The highest BCUT2D eigenvalue weighted by atomic mass is 32.2. The van der Waals surface area contributed by atoms with Gasteiger partial charge in [0, 0.05) is 0 Å². The fraction of sp³-hybridized carbons (Fsp3) is 0.600. The quantitative estimate of drug-likeness (QED) is 0.526. The zero-order valence-electron chi connectivity index (χ0n) is 11.2. The predicted octanol–water partition coefficient (Wildman–Crippen LogP) is 4.56. The van der Waals surface area contributed by atoms with E-state index in [-0.39, 0.29) is 0 Å². The van der Waals surface area contributed by atoms with Gasteiger partial charge in [0.25, 0.3) is 0 Å². The molecule has 1 atom stereocenters. The van der Waals surface area contributed by atoms with Crippen LogP contribution >= 0.6 is 0 Å². The number of unbranched alkanes of at least 4 members (excludes halogenated alkanes) is 6. The van der Waals surface area contributed by atoms with Crippen LogP contribution in [0.4, 0.5) is 0 Å². The molecule has 0 aliphatic rings. The molecule has 0 bridgehead atoms. The molecule has 0 radical (unpaired) electrons. The Bertz CT molecular complexity index is 363. The molecule has 1 rings (SSSR count). The fourth-order valence-electron chi connectivity index (χ4n) is 2.15. The molecule has 3 heteroatoms. The van der Waals surface area contributed by atoms with E-state index in [1.165, 1.54) is 38.5 Å². The van der Waals surface area contributed by atoms with Crippen molar-refractivity contribution in [2.75, 3.05) is 0 Å². The molecule has 0 saturated carbocycles. The number of hydrogen-bond donors (Lipinski definition) is 1. The monoisotopic (exact) mass is 268 g/mol. The lowest BCUT2D eigenvalue weighted by molar-refractivity contribution is 0.561. The summed E-state index contributed by atoms with van der Waals surface area (Å²) in [6.45, 7) is 2.23. The van der Waals surface area contributed by atoms with Crippen LogP contribution in [-0.2, 0) is 17.5 Å². The van der Waals surface area contributed by atoms with Crippen molar-refractivity contribution in [2.45, 2.75) is 63.2 Å². The fourth-order valence-corrected chi connectivity index (χ4v) is 2.74. The molecule has 1 unspecified atom stereocenters. The van der Waals surface area contributed by atoms with Gasteiger partial charge in [-0.2, -0.15) is 0 Å². The average Bonchev–Trinajstić information content (AvgIpc) is 2.38. The minimum absolute atomic E-state index is 0.573. The SMILES string of the molecule is CCCCCCCCCc1ccccc1S(=O)O. The molecule has 0 aromatic heterocycles. The Morgan fingerprint density at radius 1 is 1.00 bits per heavy atom. The zero-order valence-corrected chi connectivity index (χ0v) is 12.0.